The van der Waals surface area contributed by atoms with Crippen molar-refractivity contribution in [3.05, 3.63) is 0 Å². The zero-order valence-corrected chi connectivity index (χ0v) is 8.16. The van der Waals surface area contributed by atoms with Crippen LogP contribution < -0.4 is 0 Å². The first-order valence-electron chi connectivity index (χ1n) is 0.577. The van der Waals surface area contributed by atoms with Crippen LogP contribution in [-0.4, -0.2) is 71.5 Å². The standard InChI is InChI=1S/Ga.2In.2O.2Zn.9H. The van der Waals surface area contributed by atoms with E-state index >= 15 is 0 Å². The fourth-order valence-electron chi connectivity index (χ4n) is 0. The van der Waals surface area contributed by atoms with Gasteiger partial charge in [-0.25, -0.2) is 0 Å². The SMILES string of the molecule is [GaH3].[InH3].[InH3].[O]=[Zn].[O]=[Zn]. The molecule has 0 saturated heterocycles. The van der Waals surface area contributed by atoms with Gasteiger partial charge in [0.1, 0.15) is 0 Å². The van der Waals surface area contributed by atoms with Crippen LogP contribution >= 0.6 is 0 Å². The summed E-state index contributed by atoms with van der Waals surface area (Å²) < 4.78 is 16.8. The molecule has 0 radical (unpaired) electrons. The van der Waals surface area contributed by atoms with Crippen LogP contribution in [0.5, 0.6) is 0 Å². The number of hydrogen-bond donors (Lipinski definition) is 0. The van der Waals surface area contributed by atoms with Gasteiger partial charge >= 0.3 is 115 Å². The third-order valence-electron chi connectivity index (χ3n) is 0. The summed E-state index contributed by atoms with van der Waals surface area (Å²) in [7, 11) is 0. The van der Waals surface area contributed by atoms with E-state index in [1.54, 1.807) is 0 Å². The van der Waals surface area contributed by atoms with E-state index in [4.69, 9.17) is 7.15 Å². The van der Waals surface area contributed by atoms with Crippen LogP contribution in [0.4, 0.5) is 0 Å². The van der Waals surface area contributed by atoms with E-state index in [1.807, 2.05) is 0 Å². The molecule has 2 nitrogen and oxygen atoms in total. The van der Waals surface area contributed by atoms with Gasteiger partial charge in [0.25, 0.3) is 0 Å². The van der Waals surface area contributed by atoms with Crippen molar-refractivity contribution >= 4 is 71.5 Å². The monoisotopic (exact) mass is 468 g/mol. The Balaban J connectivity index is -0.00000000267. The molecule has 0 aliphatic rings. The fraction of sp³-hybridized carbons (Fsp3) is 0. The molecule has 0 atom stereocenters. The summed E-state index contributed by atoms with van der Waals surface area (Å²) in [5.74, 6) is 0. The van der Waals surface area contributed by atoms with Crippen LogP contribution in [0.1, 0.15) is 0 Å². The molecule has 0 rings (SSSR count). The second-order valence-corrected chi connectivity index (χ2v) is 0. The Labute approximate surface area is 113 Å². The van der Waals surface area contributed by atoms with Crippen molar-refractivity contribution in [3.63, 3.8) is 0 Å². The van der Waals surface area contributed by atoms with E-state index in [1.165, 1.54) is 0 Å². The molecule has 0 spiro atoms. The maximum atomic E-state index is 8.38. The first-order chi connectivity index (χ1) is 2.00. The molecule has 0 aromatic heterocycles. The predicted octanol–water partition coefficient (Wildman–Crippen LogP) is -3.79. The predicted molar refractivity (Wildman–Crippen MR) is 31.2 cm³/mol. The molecule has 0 aliphatic carbocycles. The Morgan fingerprint density at radius 2 is 0.714 bits per heavy atom. The molecular weight excluding hydrogens is 462 g/mol. The summed E-state index contributed by atoms with van der Waals surface area (Å²) in [6, 6.07) is 0. The van der Waals surface area contributed by atoms with Gasteiger partial charge in [0, 0.05) is 0 Å². The Kier molecular flexibility index (Phi) is 273. The molecule has 0 saturated carbocycles. The van der Waals surface area contributed by atoms with E-state index in [-0.39, 0.29) is 108 Å². The molecule has 0 fully saturated rings. The fourth-order valence-corrected chi connectivity index (χ4v) is 0. The second-order valence-electron chi connectivity index (χ2n) is 0. The van der Waals surface area contributed by atoms with Crippen LogP contribution in [0.25, 0.3) is 0 Å². The normalized spacial score (nSPS) is 1.71. The van der Waals surface area contributed by atoms with Gasteiger partial charge < -0.3 is 0 Å². The molecular formula is H9GaIn2O2Zn2. The molecule has 0 aromatic rings. The average Bonchev–Trinajstić information content (AvgIpc) is 1.50. The summed E-state index contributed by atoms with van der Waals surface area (Å²) in [5.41, 5.74) is 0. The third kappa shape index (κ3) is 46.3. The van der Waals surface area contributed by atoms with Gasteiger partial charge in [-0.1, -0.05) is 0 Å². The maximum absolute atomic E-state index is 8.38. The van der Waals surface area contributed by atoms with Crippen molar-refractivity contribution in [3.8, 4) is 0 Å². The summed E-state index contributed by atoms with van der Waals surface area (Å²) in [6.07, 6.45) is 0. The molecule has 34 valence electrons. The number of hydrogen-bond acceptors (Lipinski definition) is 2. The summed E-state index contributed by atoms with van der Waals surface area (Å²) >= 11 is 0.250. The van der Waals surface area contributed by atoms with Gasteiger partial charge in [0.05, 0.1) is 0 Å². The summed E-state index contributed by atoms with van der Waals surface area (Å²) in [5, 5.41) is 0. The molecule has 7 heavy (non-hydrogen) atoms. The Hall–Kier alpha value is 3.22. The van der Waals surface area contributed by atoms with Crippen LogP contribution in [0.3, 0.4) is 0 Å². The number of rotatable bonds is 0. The van der Waals surface area contributed by atoms with Crippen molar-refractivity contribution in [1.82, 2.24) is 0 Å². The topological polar surface area (TPSA) is 34.1 Å². The van der Waals surface area contributed by atoms with Crippen molar-refractivity contribution in [1.29, 1.82) is 0 Å². The molecule has 0 N–H and O–H groups in total. The average molecular weight is 471 g/mol. The Bertz CT molecular complexity index is 15.7. The second kappa shape index (κ2) is 60.0. The summed E-state index contributed by atoms with van der Waals surface area (Å²) in [4.78, 5) is 0. The zero-order valence-electron chi connectivity index (χ0n) is 2.23. The minimum absolute atomic E-state index is 0. The van der Waals surface area contributed by atoms with Crippen molar-refractivity contribution in [2.45, 2.75) is 0 Å². The molecule has 0 aliphatic heterocycles. The van der Waals surface area contributed by atoms with Gasteiger partial charge in [-0.3, -0.25) is 0 Å². The minimum atomic E-state index is 0. The van der Waals surface area contributed by atoms with Gasteiger partial charge in [0.15, 0.2) is 0 Å². The summed E-state index contributed by atoms with van der Waals surface area (Å²) in [6.45, 7) is 0. The van der Waals surface area contributed by atoms with Crippen molar-refractivity contribution in [2.75, 3.05) is 0 Å². The van der Waals surface area contributed by atoms with Crippen molar-refractivity contribution in [2.24, 2.45) is 0 Å². The first kappa shape index (κ1) is 31.9. The van der Waals surface area contributed by atoms with Gasteiger partial charge in [-0.15, -0.1) is 0 Å². The molecule has 0 unspecified atom stereocenters. The quantitative estimate of drug-likeness (QED) is 0.340. The van der Waals surface area contributed by atoms with Crippen molar-refractivity contribution < 1.29 is 43.7 Å². The third-order valence-corrected chi connectivity index (χ3v) is 0. The van der Waals surface area contributed by atoms with Gasteiger partial charge in [-0.2, -0.15) is 0 Å². The Morgan fingerprint density at radius 1 is 0.714 bits per heavy atom. The van der Waals surface area contributed by atoms with E-state index < -0.39 is 0 Å². The van der Waals surface area contributed by atoms with Crippen LogP contribution in [-0.2, 0) is 43.7 Å². The Morgan fingerprint density at radius 3 is 0.714 bits per heavy atom. The molecule has 7 heteroatoms. The van der Waals surface area contributed by atoms with Gasteiger partial charge in [0.2, 0.25) is 0 Å². The molecule has 0 heterocycles. The first-order valence-corrected chi connectivity index (χ1v) is 3.00. The van der Waals surface area contributed by atoms with Crippen LogP contribution in [0, 0.1) is 0 Å². The van der Waals surface area contributed by atoms with Crippen LogP contribution in [0.15, 0.2) is 0 Å². The molecule has 0 bridgehead atoms. The van der Waals surface area contributed by atoms with E-state index in [0.29, 0.717) is 0 Å². The van der Waals surface area contributed by atoms with E-state index in [2.05, 4.69) is 0 Å². The molecule has 0 amide bonds. The zero-order chi connectivity index (χ0) is 4.00. The van der Waals surface area contributed by atoms with Crippen LogP contribution in [0.2, 0.25) is 0 Å². The van der Waals surface area contributed by atoms with E-state index in [0.717, 1.165) is 0 Å². The molecule has 0 aromatic carbocycles. The van der Waals surface area contributed by atoms with Gasteiger partial charge in [-0.05, 0) is 0 Å². The van der Waals surface area contributed by atoms with E-state index in [9.17, 15) is 0 Å².